The number of piperazine rings is 1. The molecule has 0 aliphatic carbocycles. The zero-order chi connectivity index (χ0) is 20.9. The maximum atomic E-state index is 11.4. The molecule has 7 heteroatoms. The number of fused-ring (bicyclic) bond motifs is 1. The molecule has 0 radical (unpaired) electrons. The van der Waals surface area contributed by atoms with Crippen LogP contribution in [0.15, 0.2) is 57.7 Å². The number of halogens is 1. The van der Waals surface area contributed by atoms with Gasteiger partial charge < -0.3 is 19.2 Å². The summed E-state index contributed by atoms with van der Waals surface area (Å²) in [6, 6.07) is 14.2. The van der Waals surface area contributed by atoms with Crippen molar-refractivity contribution in [3.8, 4) is 11.5 Å². The van der Waals surface area contributed by atoms with Crippen LogP contribution in [0.5, 0.6) is 11.5 Å². The van der Waals surface area contributed by atoms with Crippen LogP contribution in [0.25, 0.3) is 11.0 Å². The van der Waals surface area contributed by atoms with Gasteiger partial charge >= 0.3 is 5.63 Å². The molecule has 1 fully saturated rings. The van der Waals surface area contributed by atoms with Crippen LogP contribution in [0.1, 0.15) is 12.0 Å². The Morgan fingerprint density at radius 3 is 2.50 bits per heavy atom. The molecule has 0 unspecified atom stereocenters. The summed E-state index contributed by atoms with van der Waals surface area (Å²) < 4.78 is 10.9. The van der Waals surface area contributed by atoms with Gasteiger partial charge in [0, 0.05) is 50.4 Å². The Labute approximate surface area is 180 Å². The second kappa shape index (κ2) is 9.51. The first-order valence-electron chi connectivity index (χ1n) is 10.2. The van der Waals surface area contributed by atoms with Gasteiger partial charge in [-0.15, -0.1) is 0 Å². The van der Waals surface area contributed by atoms with Crippen molar-refractivity contribution in [3.05, 3.63) is 69.5 Å². The molecule has 1 saturated heterocycles. The Morgan fingerprint density at radius 2 is 1.73 bits per heavy atom. The molecule has 3 aromatic rings. The second-order valence-electron chi connectivity index (χ2n) is 7.55. The Hall–Kier alpha value is -2.54. The third-order valence-corrected chi connectivity index (χ3v) is 5.62. The summed E-state index contributed by atoms with van der Waals surface area (Å²) in [5, 5.41) is 11.1. The van der Waals surface area contributed by atoms with Crippen molar-refractivity contribution in [3.63, 3.8) is 0 Å². The molecule has 0 spiro atoms. The fraction of sp³-hybridized carbons (Fsp3) is 0.348. The van der Waals surface area contributed by atoms with E-state index in [1.165, 1.54) is 5.56 Å². The van der Waals surface area contributed by atoms with Crippen LogP contribution >= 0.6 is 11.6 Å². The standard InChI is InChI=1S/C23H25ClN2O4/c24-18-4-2-17(3-5-18)16-26-11-9-25(10-12-26)8-1-13-29-19-6-7-20-21(27)15-23(28)30-22(20)14-19/h2-7,14-15,27H,1,8-13,16H2. The van der Waals surface area contributed by atoms with E-state index in [-0.39, 0.29) is 5.75 Å². The highest BCUT2D eigenvalue weighted by atomic mass is 35.5. The summed E-state index contributed by atoms with van der Waals surface area (Å²) in [6.45, 7) is 6.73. The van der Waals surface area contributed by atoms with Crippen LogP contribution in [0, 0.1) is 0 Å². The van der Waals surface area contributed by atoms with Gasteiger partial charge in [-0.3, -0.25) is 4.90 Å². The lowest BCUT2D eigenvalue weighted by atomic mass is 10.2. The Bertz CT molecular complexity index is 1040. The summed E-state index contributed by atoms with van der Waals surface area (Å²) in [6.07, 6.45) is 0.916. The molecule has 4 rings (SSSR count). The van der Waals surface area contributed by atoms with Crippen molar-refractivity contribution in [1.29, 1.82) is 0 Å². The molecule has 30 heavy (non-hydrogen) atoms. The van der Waals surface area contributed by atoms with Crippen LogP contribution in [0.3, 0.4) is 0 Å². The van der Waals surface area contributed by atoms with Gasteiger partial charge in [0.1, 0.15) is 17.1 Å². The zero-order valence-corrected chi connectivity index (χ0v) is 17.5. The predicted octanol–water partition coefficient (Wildman–Crippen LogP) is 3.74. The minimum absolute atomic E-state index is 0.0806. The normalized spacial score (nSPS) is 15.5. The van der Waals surface area contributed by atoms with Gasteiger partial charge in [-0.05, 0) is 36.2 Å². The molecule has 6 nitrogen and oxygen atoms in total. The van der Waals surface area contributed by atoms with Crippen LogP contribution in [0.2, 0.25) is 5.02 Å². The highest BCUT2D eigenvalue weighted by Crippen LogP contribution is 2.26. The van der Waals surface area contributed by atoms with E-state index in [4.69, 9.17) is 20.8 Å². The summed E-state index contributed by atoms with van der Waals surface area (Å²) in [7, 11) is 0. The maximum Gasteiger partial charge on any atom is 0.339 e. The van der Waals surface area contributed by atoms with Crippen LogP contribution < -0.4 is 10.4 Å². The van der Waals surface area contributed by atoms with Gasteiger partial charge in [0.25, 0.3) is 0 Å². The molecule has 0 bridgehead atoms. The lowest BCUT2D eigenvalue weighted by molar-refractivity contribution is 0.121. The smallest absolute Gasteiger partial charge is 0.339 e. The fourth-order valence-corrected chi connectivity index (χ4v) is 3.84. The number of hydrogen-bond acceptors (Lipinski definition) is 6. The van der Waals surface area contributed by atoms with E-state index in [0.717, 1.165) is 56.8 Å². The van der Waals surface area contributed by atoms with Gasteiger partial charge in [-0.1, -0.05) is 23.7 Å². The molecular weight excluding hydrogens is 404 g/mol. The number of hydrogen-bond donors (Lipinski definition) is 1. The third-order valence-electron chi connectivity index (χ3n) is 5.37. The monoisotopic (exact) mass is 428 g/mol. The molecule has 1 aliphatic heterocycles. The minimum atomic E-state index is -0.577. The van der Waals surface area contributed by atoms with Crippen molar-refractivity contribution < 1.29 is 14.3 Å². The number of ether oxygens (including phenoxy) is 1. The first-order chi connectivity index (χ1) is 14.6. The molecule has 0 saturated carbocycles. The molecule has 0 amide bonds. The topological polar surface area (TPSA) is 66.2 Å². The predicted molar refractivity (Wildman–Crippen MR) is 117 cm³/mol. The Balaban J connectivity index is 1.19. The molecule has 1 aliphatic rings. The number of benzene rings is 2. The zero-order valence-electron chi connectivity index (χ0n) is 16.7. The van der Waals surface area contributed by atoms with Crippen LogP contribution in [0.4, 0.5) is 0 Å². The molecule has 0 atom stereocenters. The third kappa shape index (κ3) is 5.33. The second-order valence-corrected chi connectivity index (χ2v) is 7.99. The molecule has 1 N–H and O–H groups in total. The van der Waals surface area contributed by atoms with Gasteiger partial charge in [-0.2, -0.15) is 0 Å². The first kappa shape index (κ1) is 20.7. The van der Waals surface area contributed by atoms with Gasteiger partial charge in [0.05, 0.1) is 18.1 Å². The molecule has 2 heterocycles. The van der Waals surface area contributed by atoms with E-state index in [1.54, 1.807) is 18.2 Å². The molecule has 1 aromatic heterocycles. The van der Waals surface area contributed by atoms with Crippen molar-refractivity contribution in [1.82, 2.24) is 9.80 Å². The van der Waals surface area contributed by atoms with Gasteiger partial charge in [-0.25, -0.2) is 4.79 Å². The highest BCUT2D eigenvalue weighted by Gasteiger charge is 2.16. The SMILES string of the molecule is O=c1cc(O)c2ccc(OCCCN3CCN(Cc4ccc(Cl)cc4)CC3)cc2o1. The Kier molecular flexibility index (Phi) is 6.57. The maximum absolute atomic E-state index is 11.4. The van der Waals surface area contributed by atoms with Crippen molar-refractivity contribution in [2.75, 3.05) is 39.3 Å². The van der Waals surface area contributed by atoms with E-state index < -0.39 is 5.63 Å². The minimum Gasteiger partial charge on any atom is -0.507 e. The van der Waals surface area contributed by atoms with Crippen LogP contribution in [-0.2, 0) is 6.54 Å². The van der Waals surface area contributed by atoms with Crippen molar-refractivity contribution in [2.24, 2.45) is 0 Å². The lowest BCUT2D eigenvalue weighted by Crippen LogP contribution is -2.46. The average Bonchev–Trinajstić information content (AvgIpc) is 2.73. The molecule has 2 aromatic carbocycles. The quantitative estimate of drug-likeness (QED) is 0.457. The summed E-state index contributed by atoms with van der Waals surface area (Å²) in [5.41, 5.74) is 1.04. The van der Waals surface area contributed by atoms with Gasteiger partial charge in [0.2, 0.25) is 0 Å². The Morgan fingerprint density at radius 1 is 1.00 bits per heavy atom. The van der Waals surface area contributed by atoms with E-state index in [0.29, 0.717) is 23.3 Å². The first-order valence-corrected chi connectivity index (χ1v) is 10.5. The summed E-state index contributed by atoms with van der Waals surface area (Å²) >= 11 is 5.95. The largest absolute Gasteiger partial charge is 0.507 e. The van der Waals surface area contributed by atoms with E-state index >= 15 is 0 Å². The average molecular weight is 429 g/mol. The van der Waals surface area contributed by atoms with Crippen molar-refractivity contribution >= 4 is 22.6 Å². The van der Waals surface area contributed by atoms with E-state index in [2.05, 4.69) is 21.9 Å². The van der Waals surface area contributed by atoms with Gasteiger partial charge in [0.15, 0.2) is 0 Å². The molecular formula is C23H25ClN2O4. The number of rotatable bonds is 7. The van der Waals surface area contributed by atoms with Crippen molar-refractivity contribution in [2.45, 2.75) is 13.0 Å². The highest BCUT2D eigenvalue weighted by molar-refractivity contribution is 6.30. The van der Waals surface area contributed by atoms with Crippen LogP contribution in [-0.4, -0.2) is 54.2 Å². The molecule has 158 valence electrons. The number of aromatic hydroxyl groups is 1. The number of nitrogens with zero attached hydrogens (tertiary/aromatic N) is 2. The lowest BCUT2D eigenvalue weighted by Gasteiger charge is -2.34. The van der Waals surface area contributed by atoms with E-state index in [1.807, 2.05) is 12.1 Å². The van der Waals surface area contributed by atoms with E-state index in [9.17, 15) is 9.90 Å². The summed E-state index contributed by atoms with van der Waals surface area (Å²) in [4.78, 5) is 16.3. The fourth-order valence-electron chi connectivity index (χ4n) is 3.71. The summed E-state index contributed by atoms with van der Waals surface area (Å²) in [5.74, 6) is 0.548.